The Bertz CT molecular complexity index is 571. The summed E-state index contributed by atoms with van der Waals surface area (Å²) in [5, 5.41) is 24.3. The summed E-state index contributed by atoms with van der Waals surface area (Å²) >= 11 is 0. The predicted octanol–water partition coefficient (Wildman–Crippen LogP) is 2.19. The van der Waals surface area contributed by atoms with Gasteiger partial charge in [0.25, 0.3) is 5.69 Å². The molecule has 7 heteroatoms. The van der Waals surface area contributed by atoms with Crippen LogP contribution in [0.3, 0.4) is 0 Å². The predicted molar refractivity (Wildman–Crippen MR) is 79.2 cm³/mol. The number of nitrogens with zero attached hydrogens (tertiary/aromatic N) is 2. The van der Waals surface area contributed by atoms with Crippen molar-refractivity contribution < 1.29 is 14.4 Å². The molecule has 2 aliphatic rings. The molecule has 0 amide bonds. The molecule has 120 valence electrons. The average molecular weight is 309 g/mol. The Balaban J connectivity index is 1.96. The largest absolute Gasteiger partial charge is 0.505 e. The highest BCUT2D eigenvalue weighted by Gasteiger charge is 2.33. The molecule has 1 aromatic rings. The first-order valence-electron chi connectivity index (χ1n) is 7.68. The maximum atomic E-state index is 13.9. The first-order chi connectivity index (χ1) is 10.6. The first-order valence-corrected chi connectivity index (χ1v) is 7.68. The fourth-order valence-corrected chi connectivity index (χ4v) is 3.10. The van der Waals surface area contributed by atoms with Gasteiger partial charge in [-0.25, -0.2) is 4.39 Å². The monoisotopic (exact) mass is 309 g/mol. The molecule has 1 aromatic carbocycles. The van der Waals surface area contributed by atoms with E-state index >= 15 is 0 Å². The Morgan fingerprint density at radius 3 is 2.68 bits per heavy atom. The number of nitro benzene ring substituents is 1. The average Bonchev–Trinajstić information content (AvgIpc) is 3.32. The number of non-ortho nitro benzene ring substituents is 1. The van der Waals surface area contributed by atoms with Crippen molar-refractivity contribution in [2.24, 2.45) is 5.92 Å². The van der Waals surface area contributed by atoms with Gasteiger partial charge in [0.05, 0.1) is 11.0 Å². The quantitative estimate of drug-likeness (QED) is 0.644. The van der Waals surface area contributed by atoms with Crippen molar-refractivity contribution in [2.75, 3.05) is 26.2 Å². The molecule has 1 aliphatic carbocycles. The molecule has 1 saturated heterocycles. The molecule has 2 fully saturated rings. The minimum atomic E-state index is -0.917. The molecule has 0 radical (unpaired) electrons. The zero-order valence-corrected chi connectivity index (χ0v) is 12.3. The number of halogens is 1. The highest BCUT2D eigenvalue weighted by Crippen LogP contribution is 2.43. The minimum absolute atomic E-state index is 0.163. The van der Waals surface area contributed by atoms with Gasteiger partial charge < -0.3 is 10.4 Å². The molecule has 0 unspecified atom stereocenters. The fourth-order valence-electron chi connectivity index (χ4n) is 3.10. The van der Waals surface area contributed by atoms with E-state index in [-0.39, 0.29) is 11.7 Å². The van der Waals surface area contributed by atoms with Crippen LogP contribution < -0.4 is 5.32 Å². The van der Waals surface area contributed by atoms with E-state index in [1.165, 1.54) is 6.07 Å². The molecule has 22 heavy (non-hydrogen) atoms. The molecule has 3 rings (SSSR count). The van der Waals surface area contributed by atoms with Crippen molar-refractivity contribution in [1.82, 2.24) is 10.2 Å². The standard InChI is InChI=1S/C15H20FN3O3/c16-13-9-11(19(21)22)8-12(15(13)20)14(7-10-1-2-10)18-5-3-17-4-6-18/h8-10,14,17,20H,1-7H2/t14-/m0/s1. The van der Waals surface area contributed by atoms with Gasteiger partial charge in [0.1, 0.15) is 0 Å². The van der Waals surface area contributed by atoms with Crippen molar-refractivity contribution >= 4 is 5.69 Å². The number of phenolic OH excluding ortho intramolecular Hbond substituents is 1. The van der Waals surface area contributed by atoms with Gasteiger partial charge in [0.2, 0.25) is 0 Å². The molecule has 1 heterocycles. The maximum Gasteiger partial charge on any atom is 0.272 e. The minimum Gasteiger partial charge on any atom is -0.505 e. The van der Waals surface area contributed by atoms with Crippen LogP contribution in [0.2, 0.25) is 0 Å². The lowest BCUT2D eigenvalue weighted by Crippen LogP contribution is -2.45. The van der Waals surface area contributed by atoms with Crippen molar-refractivity contribution in [1.29, 1.82) is 0 Å². The number of hydrogen-bond acceptors (Lipinski definition) is 5. The Labute approximate surface area is 128 Å². The fraction of sp³-hybridized carbons (Fsp3) is 0.600. The van der Waals surface area contributed by atoms with Crippen molar-refractivity contribution in [2.45, 2.75) is 25.3 Å². The summed E-state index contributed by atoms with van der Waals surface area (Å²) in [5.74, 6) is -0.795. The summed E-state index contributed by atoms with van der Waals surface area (Å²) in [6.07, 6.45) is 3.09. The second-order valence-corrected chi connectivity index (χ2v) is 6.10. The zero-order valence-electron chi connectivity index (χ0n) is 12.3. The number of phenols is 1. The molecule has 0 aromatic heterocycles. The highest BCUT2D eigenvalue weighted by molar-refractivity contribution is 5.46. The van der Waals surface area contributed by atoms with E-state index in [9.17, 15) is 19.6 Å². The molecule has 2 N–H and O–H groups in total. The van der Waals surface area contributed by atoms with Crippen molar-refractivity contribution in [3.8, 4) is 5.75 Å². The molecule has 6 nitrogen and oxygen atoms in total. The smallest absolute Gasteiger partial charge is 0.272 e. The summed E-state index contributed by atoms with van der Waals surface area (Å²) in [5.41, 5.74) is 0.0433. The second-order valence-electron chi connectivity index (χ2n) is 6.10. The van der Waals surface area contributed by atoms with Gasteiger partial charge in [0.15, 0.2) is 11.6 Å². The Morgan fingerprint density at radius 1 is 1.41 bits per heavy atom. The zero-order chi connectivity index (χ0) is 15.7. The van der Waals surface area contributed by atoms with E-state index in [1.54, 1.807) is 0 Å². The van der Waals surface area contributed by atoms with Gasteiger partial charge in [-0.3, -0.25) is 15.0 Å². The first kappa shape index (κ1) is 15.2. The summed E-state index contributed by atoms with van der Waals surface area (Å²) in [7, 11) is 0. The number of piperazine rings is 1. The van der Waals surface area contributed by atoms with Crippen LogP contribution in [0.15, 0.2) is 12.1 Å². The van der Waals surface area contributed by atoms with E-state index in [0.717, 1.165) is 51.5 Å². The van der Waals surface area contributed by atoms with Crippen LogP contribution in [0, 0.1) is 21.8 Å². The van der Waals surface area contributed by atoms with Crippen LogP contribution >= 0.6 is 0 Å². The molecule has 1 aliphatic heterocycles. The number of rotatable bonds is 5. The van der Waals surface area contributed by atoms with E-state index in [1.807, 2.05) is 0 Å². The van der Waals surface area contributed by atoms with Gasteiger partial charge in [-0.1, -0.05) is 12.8 Å². The van der Waals surface area contributed by atoms with Crippen LogP contribution in [-0.4, -0.2) is 41.1 Å². The number of nitrogens with one attached hydrogen (secondary N) is 1. The molecular formula is C15H20FN3O3. The molecule has 0 bridgehead atoms. The summed E-state index contributed by atoms with van der Waals surface area (Å²) in [4.78, 5) is 12.6. The maximum absolute atomic E-state index is 13.9. The summed E-state index contributed by atoms with van der Waals surface area (Å²) in [6.45, 7) is 3.25. The summed E-state index contributed by atoms with van der Waals surface area (Å²) < 4.78 is 13.9. The van der Waals surface area contributed by atoms with Gasteiger partial charge >= 0.3 is 0 Å². The van der Waals surface area contributed by atoms with E-state index in [2.05, 4.69) is 10.2 Å². The molecular weight excluding hydrogens is 289 g/mol. The van der Waals surface area contributed by atoms with Crippen molar-refractivity contribution in [3.05, 3.63) is 33.6 Å². The van der Waals surface area contributed by atoms with Crippen LogP contribution in [0.1, 0.15) is 30.9 Å². The number of hydrogen-bond donors (Lipinski definition) is 2. The van der Waals surface area contributed by atoms with E-state index < -0.39 is 16.5 Å². The van der Waals surface area contributed by atoms with E-state index in [4.69, 9.17) is 0 Å². The second kappa shape index (κ2) is 6.18. The summed E-state index contributed by atoms with van der Waals surface area (Å²) in [6, 6.07) is 1.95. The van der Waals surface area contributed by atoms with E-state index in [0.29, 0.717) is 11.5 Å². The van der Waals surface area contributed by atoms with Crippen LogP contribution in [0.4, 0.5) is 10.1 Å². The number of nitro groups is 1. The van der Waals surface area contributed by atoms with Gasteiger partial charge in [-0.15, -0.1) is 0 Å². The van der Waals surface area contributed by atoms with Gasteiger partial charge in [-0.2, -0.15) is 0 Å². The SMILES string of the molecule is O=[N+]([O-])c1cc(F)c(O)c([C@H](CC2CC2)N2CCNCC2)c1. The topological polar surface area (TPSA) is 78.6 Å². The lowest BCUT2D eigenvalue weighted by molar-refractivity contribution is -0.385. The normalized spacial score (nSPS) is 20.8. The van der Waals surface area contributed by atoms with Crippen molar-refractivity contribution in [3.63, 3.8) is 0 Å². The number of benzene rings is 1. The van der Waals surface area contributed by atoms with Gasteiger partial charge in [-0.05, 0) is 12.3 Å². The Morgan fingerprint density at radius 2 is 2.09 bits per heavy atom. The molecule has 0 spiro atoms. The van der Waals surface area contributed by atoms with Gasteiger partial charge in [0, 0.05) is 43.9 Å². The molecule has 1 saturated carbocycles. The van der Waals surface area contributed by atoms with Crippen LogP contribution in [0.5, 0.6) is 5.75 Å². The molecule has 1 atom stereocenters. The lowest BCUT2D eigenvalue weighted by Gasteiger charge is -2.35. The Kier molecular flexibility index (Phi) is 4.26. The Hall–Kier alpha value is -1.73. The van der Waals surface area contributed by atoms with Crippen LogP contribution in [0.25, 0.3) is 0 Å². The third kappa shape index (κ3) is 3.20. The third-order valence-electron chi connectivity index (χ3n) is 4.49. The third-order valence-corrected chi connectivity index (χ3v) is 4.49. The number of aromatic hydroxyl groups is 1. The highest BCUT2D eigenvalue weighted by atomic mass is 19.1. The lowest BCUT2D eigenvalue weighted by atomic mass is 9.97. The van der Waals surface area contributed by atoms with Crippen LogP contribution in [-0.2, 0) is 0 Å².